The highest BCUT2D eigenvalue weighted by Gasteiger charge is 2.51. The zero-order chi connectivity index (χ0) is 22.2. The number of oxazole rings is 1. The smallest absolute Gasteiger partial charge is 0.444 e. The first kappa shape index (κ1) is 21.9. The number of carbonyl (C=O) groups is 1. The maximum atomic E-state index is 12.4. The van der Waals surface area contributed by atoms with Crippen LogP contribution in [0, 0.1) is 0 Å². The third-order valence-electron chi connectivity index (χ3n) is 6.84. The van der Waals surface area contributed by atoms with Gasteiger partial charge >= 0.3 is 13.2 Å². The summed E-state index contributed by atoms with van der Waals surface area (Å²) in [5.74, 6) is 0.525. The van der Waals surface area contributed by atoms with E-state index in [1.54, 1.807) is 11.9 Å². The Balaban J connectivity index is 1.41. The van der Waals surface area contributed by atoms with Crippen LogP contribution in [-0.2, 0) is 20.7 Å². The number of carbonyl (C=O) groups excluding carboxylic acids is 1. The Morgan fingerprint density at radius 3 is 2.35 bits per heavy atom. The average Bonchev–Trinajstić information content (AvgIpc) is 3.46. The van der Waals surface area contributed by atoms with Crippen molar-refractivity contribution in [2.45, 2.75) is 77.2 Å². The summed E-state index contributed by atoms with van der Waals surface area (Å²) in [4.78, 5) is 18.4. The molecule has 8 heteroatoms. The van der Waals surface area contributed by atoms with Gasteiger partial charge in [-0.25, -0.2) is 9.78 Å². The quantitative estimate of drug-likeness (QED) is 0.669. The van der Waals surface area contributed by atoms with Gasteiger partial charge in [-0.3, -0.25) is 0 Å². The van der Waals surface area contributed by atoms with Crippen molar-refractivity contribution in [2.75, 3.05) is 7.05 Å². The molecule has 0 radical (unpaired) electrons. The first-order valence-electron chi connectivity index (χ1n) is 11.0. The number of amides is 1. The molecule has 4 rings (SSSR count). The molecule has 0 spiro atoms. The fourth-order valence-corrected chi connectivity index (χ4v) is 4.06. The van der Waals surface area contributed by atoms with Gasteiger partial charge in [0.1, 0.15) is 5.69 Å². The molecule has 1 aromatic carbocycles. The standard InChI is InChI=1S/C23H31BN2O5/c1-22(2)23(3,4)31-24(30-22)17-12-10-16(11-13-17)20-19(29-15-25-20)14-28-21(27)26(5)18-8-6-7-9-18/h10-13,15,18H,6-9,14H2,1-5H3. The van der Waals surface area contributed by atoms with E-state index < -0.39 is 7.12 Å². The minimum atomic E-state index is -0.414. The molecule has 2 fully saturated rings. The lowest BCUT2D eigenvalue weighted by molar-refractivity contribution is 0.00578. The monoisotopic (exact) mass is 426 g/mol. The summed E-state index contributed by atoms with van der Waals surface area (Å²) in [6, 6.07) is 8.11. The summed E-state index contributed by atoms with van der Waals surface area (Å²) in [7, 11) is 1.39. The maximum absolute atomic E-state index is 12.4. The molecule has 0 bridgehead atoms. The minimum absolute atomic E-state index is 0.0458. The first-order valence-corrected chi connectivity index (χ1v) is 11.0. The van der Waals surface area contributed by atoms with Crippen molar-refractivity contribution in [1.29, 1.82) is 0 Å². The zero-order valence-corrected chi connectivity index (χ0v) is 19.0. The lowest BCUT2D eigenvalue weighted by Gasteiger charge is -2.32. The van der Waals surface area contributed by atoms with E-state index in [1.807, 2.05) is 52.0 Å². The summed E-state index contributed by atoms with van der Waals surface area (Å²) in [5.41, 5.74) is 1.72. The minimum Gasteiger partial charge on any atom is -0.444 e. The first-order chi connectivity index (χ1) is 14.7. The molecule has 1 amide bonds. The van der Waals surface area contributed by atoms with Crippen LogP contribution in [0.2, 0.25) is 0 Å². The number of hydrogen-bond acceptors (Lipinski definition) is 6. The summed E-state index contributed by atoms with van der Waals surface area (Å²) >= 11 is 0. The molecular formula is C23H31BN2O5. The molecule has 1 aliphatic carbocycles. The number of aromatic nitrogens is 1. The van der Waals surface area contributed by atoms with Crippen LogP contribution in [0.5, 0.6) is 0 Å². The number of rotatable bonds is 5. The van der Waals surface area contributed by atoms with E-state index in [0.717, 1.165) is 36.7 Å². The zero-order valence-electron chi connectivity index (χ0n) is 19.0. The van der Waals surface area contributed by atoms with E-state index >= 15 is 0 Å². The van der Waals surface area contributed by atoms with Crippen molar-refractivity contribution in [3.8, 4) is 11.3 Å². The third-order valence-corrected chi connectivity index (χ3v) is 6.84. The molecule has 2 aliphatic rings. The Labute approximate surface area is 184 Å². The van der Waals surface area contributed by atoms with Gasteiger partial charge in [0, 0.05) is 18.7 Å². The van der Waals surface area contributed by atoms with Crippen LogP contribution >= 0.6 is 0 Å². The highest BCUT2D eigenvalue weighted by Crippen LogP contribution is 2.36. The van der Waals surface area contributed by atoms with Gasteiger partial charge in [-0.15, -0.1) is 0 Å². The topological polar surface area (TPSA) is 74.0 Å². The van der Waals surface area contributed by atoms with Gasteiger partial charge in [0.15, 0.2) is 18.8 Å². The van der Waals surface area contributed by atoms with Gasteiger partial charge in [0.05, 0.1) is 11.2 Å². The van der Waals surface area contributed by atoms with Gasteiger partial charge in [-0.2, -0.15) is 0 Å². The number of benzene rings is 1. The lowest BCUT2D eigenvalue weighted by Crippen LogP contribution is -2.41. The molecule has 0 atom stereocenters. The SMILES string of the molecule is CN(C(=O)OCc1ocnc1-c1ccc(B2OC(C)(C)C(C)(C)O2)cc1)C1CCCC1. The van der Waals surface area contributed by atoms with Gasteiger partial charge in [-0.1, -0.05) is 37.1 Å². The van der Waals surface area contributed by atoms with E-state index in [1.165, 1.54) is 6.39 Å². The normalized spacial score (nSPS) is 20.2. The molecule has 7 nitrogen and oxygen atoms in total. The molecule has 2 aromatic rings. The number of nitrogens with zero attached hydrogens (tertiary/aromatic N) is 2. The van der Waals surface area contributed by atoms with Crippen molar-refractivity contribution in [1.82, 2.24) is 9.88 Å². The predicted molar refractivity (Wildman–Crippen MR) is 118 cm³/mol. The van der Waals surface area contributed by atoms with E-state index in [9.17, 15) is 4.79 Å². The summed E-state index contributed by atoms with van der Waals surface area (Å²) in [6.07, 6.45) is 5.45. The van der Waals surface area contributed by atoms with Crippen LogP contribution in [0.3, 0.4) is 0 Å². The third kappa shape index (κ3) is 4.37. The maximum Gasteiger partial charge on any atom is 0.494 e. The van der Waals surface area contributed by atoms with Crippen LogP contribution in [0.4, 0.5) is 4.79 Å². The Kier molecular flexibility index (Phi) is 5.88. The molecule has 0 unspecified atom stereocenters. The summed E-state index contributed by atoms with van der Waals surface area (Å²) < 4.78 is 23.2. The average molecular weight is 426 g/mol. The van der Waals surface area contributed by atoms with Gasteiger partial charge in [-0.05, 0) is 46.0 Å². The molecule has 166 valence electrons. The summed E-state index contributed by atoms with van der Waals surface area (Å²) in [6.45, 7) is 8.19. The Morgan fingerprint density at radius 2 is 1.74 bits per heavy atom. The molecule has 1 aliphatic heterocycles. The fraction of sp³-hybridized carbons (Fsp3) is 0.565. The van der Waals surface area contributed by atoms with Crippen LogP contribution in [0.15, 0.2) is 35.1 Å². The second-order valence-electron chi connectivity index (χ2n) is 9.44. The van der Waals surface area contributed by atoms with Crippen LogP contribution in [0.25, 0.3) is 11.3 Å². The van der Waals surface area contributed by atoms with Crippen molar-refractivity contribution in [3.63, 3.8) is 0 Å². The van der Waals surface area contributed by atoms with Crippen molar-refractivity contribution in [3.05, 3.63) is 36.4 Å². The van der Waals surface area contributed by atoms with Gasteiger partial charge in [0.25, 0.3) is 0 Å². The summed E-state index contributed by atoms with van der Waals surface area (Å²) in [5, 5.41) is 0. The van der Waals surface area contributed by atoms with Gasteiger partial charge in [0.2, 0.25) is 0 Å². The highest BCUT2D eigenvalue weighted by molar-refractivity contribution is 6.62. The fourth-order valence-electron chi connectivity index (χ4n) is 4.06. The molecule has 1 saturated carbocycles. The molecule has 1 saturated heterocycles. The Hall–Kier alpha value is -2.32. The molecule has 0 N–H and O–H groups in total. The molecule has 1 aromatic heterocycles. The Bertz CT molecular complexity index is 902. The van der Waals surface area contributed by atoms with E-state index in [4.69, 9.17) is 18.5 Å². The number of hydrogen-bond donors (Lipinski definition) is 0. The number of ether oxygens (including phenoxy) is 1. The van der Waals surface area contributed by atoms with Crippen molar-refractivity contribution >= 4 is 18.7 Å². The molecule has 2 heterocycles. The van der Waals surface area contributed by atoms with E-state index in [-0.39, 0.29) is 29.9 Å². The lowest BCUT2D eigenvalue weighted by atomic mass is 9.79. The van der Waals surface area contributed by atoms with E-state index in [0.29, 0.717) is 11.5 Å². The second kappa shape index (κ2) is 8.32. The second-order valence-corrected chi connectivity index (χ2v) is 9.44. The van der Waals surface area contributed by atoms with Crippen molar-refractivity contribution in [2.24, 2.45) is 0 Å². The van der Waals surface area contributed by atoms with Crippen molar-refractivity contribution < 1.29 is 23.3 Å². The van der Waals surface area contributed by atoms with Crippen LogP contribution in [-0.4, -0.2) is 47.4 Å². The molecular weight excluding hydrogens is 395 g/mol. The highest BCUT2D eigenvalue weighted by atomic mass is 16.7. The van der Waals surface area contributed by atoms with Gasteiger partial charge < -0.3 is 23.4 Å². The van der Waals surface area contributed by atoms with E-state index in [2.05, 4.69) is 4.98 Å². The Morgan fingerprint density at radius 1 is 1.13 bits per heavy atom. The largest absolute Gasteiger partial charge is 0.494 e. The molecule has 31 heavy (non-hydrogen) atoms. The predicted octanol–water partition coefficient (Wildman–Crippen LogP) is 4.15. The van der Waals surface area contributed by atoms with Crippen LogP contribution < -0.4 is 5.46 Å². The van der Waals surface area contributed by atoms with Crippen LogP contribution in [0.1, 0.15) is 59.1 Å².